The van der Waals surface area contributed by atoms with Crippen LogP contribution in [0.15, 0.2) is 36.5 Å². The number of aromatic nitrogens is 2. The fraction of sp³-hybridized carbons (Fsp3) is 0.286. The summed E-state index contributed by atoms with van der Waals surface area (Å²) in [5, 5.41) is 0.753. The van der Waals surface area contributed by atoms with Crippen molar-refractivity contribution in [2.45, 2.75) is 6.54 Å². The van der Waals surface area contributed by atoms with Crippen LogP contribution in [-0.2, 0) is 6.54 Å². The van der Waals surface area contributed by atoms with Crippen LogP contribution in [0.5, 0.6) is 0 Å². The smallest absolute Gasteiger partial charge is 0.226 e. The van der Waals surface area contributed by atoms with Crippen molar-refractivity contribution in [2.75, 3.05) is 30.9 Å². The van der Waals surface area contributed by atoms with E-state index in [-0.39, 0.29) is 0 Å². The molecule has 0 bridgehead atoms. The highest BCUT2D eigenvalue weighted by atomic mass is 35.5. The highest BCUT2D eigenvalue weighted by molar-refractivity contribution is 6.30. The Labute approximate surface area is 118 Å². The molecule has 0 aliphatic carbocycles. The van der Waals surface area contributed by atoms with Gasteiger partial charge in [0.1, 0.15) is 5.82 Å². The first kappa shape index (κ1) is 13.6. The zero-order valence-electron chi connectivity index (χ0n) is 11.3. The molecule has 0 radical (unpaired) electrons. The van der Waals surface area contributed by atoms with Gasteiger partial charge in [0.2, 0.25) is 5.95 Å². The summed E-state index contributed by atoms with van der Waals surface area (Å²) < 4.78 is 0. The van der Waals surface area contributed by atoms with Crippen molar-refractivity contribution in [1.82, 2.24) is 9.97 Å². The summed E-state index contributed by atoms with van der Waals surface area (Å²) in [7, 11) is 5.87. The number of hydrogen-bond acceptors (Lipinski definition) is 4. The van der Waals surface area contributed by atoms with Crippen molar-refractivity contribution in [2.24, 2.45) is 0 Å². The van der Waals surface area contributed by atoms with Crippen LogP contribution in [0.2, 0.25) is 5.02 Å². The molecule has 0 saturated heterocycles. The van der Waals surface area contributed by atoms with Gasteiger partial charge in [-0.15, -0.1) is 0 Å². The SMILES string of the molecule is CN(C)c1nccc(N(C)Cc2ccc(Cl)cc2)n1. The van der Waals surface area contributed by atoms with Gasteiger partial charge in [0, 0.05) is 38.9 Å². The minimum absolute atomic E-state index is 0.709. The zero-order valence-corrected chi connectivity index (χ0v) is 12.1. The molecule has 5 heteroatoms. The van der Waals surface area contributed by atoms with Crippen LogP contribution in [0, 0.1) is 0 Å². The van der Waals surface area contributed by atoms with Crippen LogP contribution in [0.3, 0.4) is 0 Å². The average molecular weight is 277 g/mol. The molecular formula is C14H17ClN4. The fourth-order valence-corrected chi connectivity index (χ4v) is 1.84. The summed E-state index contributed by atoms with van der Waals surface area (Å²) >= 11 is 5.88. The predicted molar refractivity (Wildman–Crippen MR) is 79.9 cm³/mol. The van der Waals surface area contributed by atoms with Gasteiger partial charge in [-0.3, -0.25) is 0 Å². The largest absolute Gasteiger partial charge is 0.355 e. The lowest BCUT2D eigenvalue weighted by Crippen LogP contribution is -2.20. The van der Waals surface area contributed by atoms with Crippen molar-refractivity contribution >= 4 is 23.4 Å². The Bertz CT molecular complexity index is 539. The van der Waals surface area contributed by atoms with E-state index in [0.29, 0.717) is 5.95 Å². The highest BCUT2D eigenvalue weighted by Crippen LogP contribution is 2.16. The number of rotatable bonds is 4. The molecule has 4 nitrogen and oxygen atoms in total. The van der Waals surface area contributed by atoms with Gasteiger partial charge in [-0.2, -0.15) is 4.98 Å². The molecule has 0 amide bonds. The Morgan fingerprint density at radius 2 is 1.74 bits per heavy atom. The van der Waals surface area contributed by atoms with Gasteiger partial charge >= 0.3 is 0 Å². The Hall–Kier alpha value is -1.81. The second-order valence-electron chi connectivity index (χ2n) is 4.59. The molecule has 0 unspecified atom stereocenters. The molecule has 1 aromatic carbocycles. The molecule has 0 fully saturated rings. The van der Waals surface area contributed by atoms with Gasteiger partial charge in [0.15, 0.2) is 0 Å². The van der Waals surface area contributed by atoms with Crippen molar-refractivity contribution in [3.8, 4) is 0 Å². The quantitative estimate of drug-likeness (QED) is 0.860. The molecule has 100 valence electrons. The van der Waals surface area contributed by atoms with E-state index in [1.807, 2.05) is 56.4 Å². The first-order chi connectivity index (χ1) is 9.06. The first-order valence-corrected chi connectivity index (χ1v) is 6.40. The van der Waals surface area contributed by atoms with E-state index in [1.54, 1.807) is 6.20 Å². The second-order valence-corrected chi connectivity index (χ2v) is 5.03. The molecule has 1 heterocycles. The molecule has 2 rings (SSSR count). The van der Waals surface area contributed by atoms with E-state index in [2.05, 4.69) is 14.9 Å². The van der Waals surface area contributed by atoms with Crippen LogP contribution in [0.25, 0.3) is 0 Å². The maximum absolute atomic E-state index is 5.88. The van der Waals surface area contributed by atoms with Crippen molar-refractivity contribution in [3.05, 3.63) is 47.1 Å². The maximum atomic E-state index is 5.88. The molecule has 0 atom stereocenters. The zero-order chi connectivity index (χ0) is 13.8. The molecule has 0 aliphatic heterocycles. The summed E-state index contributed by atoms with van der Waals surface area (Å²) in [6.07, 6.45) is 1.77. The average Bonchev–Trinajstić information content (AvgIpc) is 2.41. The highest BCUT2D eigenvalue weighted by Gasteiger charge is 2.06. The van der Waals surface area contributed by atoms with Gasteiger partial charge in [-0.05, 0) is 23.8 Å². The van der Waals surface area contributed by atoms with Gasteiger partial charge in [-0.1, -0.05) is 23.7 Å². The maximum Gasteiger partial charge on any atom is 0.226 e. The van der Waals surface area contributed by atoms with Gasteiger partial charge in [0.25, 0.3) is 0 Å². The molecule has 0 spiro atoms. The Morgan fingerprint density at radius 3 is 2.37 bits per heavy atom. The number of nitrogens with zero attached hydrogens (tertiary/aromatic N) is 4. The van der Waals surface area contributed by atoms with Crippen LogP contribution in [0.4, 0.5) is 11.8 Å². The van der Waals surface area contributed by atoms with Crippen LogP contribution < -0.4 is 9.80 Å². The third-order valence-electron chi connectivity index (χ3n) is 2.75. The summed E-state index contributed by atoms with van der Waals surface area (Å²) in [5.74, 6) is 1.61. The van der Waals surface area contributed by atoms with Crippen molar-refractivity contribution in [1.29, 1.82) is 0 Å². The van der Waals surface area contributed by atoms with E-state index >= 15 is 0 Å². The Kier molecular flexibility index (Phi) is 4.22. The summed E-state index contributed by atoms with van der Waals surface area (Å²) in [5.41, 5.74) is 1.19. The van der Waals surface area contributed by atoms with Crippen LogP contribution in [-0.4, -0.2) is 31.1 Å². The molecule has 0 aliphatic rings. The van der Waals surface area contributed by atoms with E-state index in [9.17, 15) is 0 Å². The molecule has 19 heavy (non-hydrogen) atoms. The molecule has 2 aromatic rings. The van der Waals surface area contributed by atoms with Crippen LogP contribution in [0.1, 0.15) is 5.56 Å². The topological polar surface area (TPSA) is 32.3 Å². The van der Waals surface area contributed by atoms with Crippen molar-refractivity contribution < 1.29 is 0 Å². The fourth-order valence-electron chi connectivity index (χ4n) is 1.71. The lowest BCUT2D eigenvalue weighted by molar-refractivity contribution is 0.881. The lowest BCUT2D eigenvalue weighted by atomic mass is 10.2. The van der Waals surface area contributed by atoms with E-state index in [4.69, 9.17) is 11.6 Å². The summed E-state index contributed by atoms with van der Waals surface area (Å²) in [4.78, 5) is 12.7. The minimum Gasteiger partial charge on any atom is -0.355 e. The van der Waals surface area contributed by atoms with Crippen molar-refractivity contribution in [3.63, 3.8) is 0 Å². The normalized spacial score (nSPS) is 10.3. The van der Waals surface area contributed by atoms with Crippen LogP contribution >= 0.6 is 11.6 Å². The predicted octanol–water partition coefficient (Wildman–Crippen LogP) is 2.83. The monoisotopic (exact) mass is 276 g/mol. The third-order valence-corrected chi connectivity index (χ3v) is 3.00. The van der Waals surface area contributed by atoms with Gasteiger partial charge < -0.3 is 9.80 Å². The second kappa shape index (κ2) is 5.89. The molecule has 0 N–H and O–H groups in total. The Balaban J connectivity index is 2.13. The standard InChI is InChI=1S/C14H17ClN4/c1-18(2)14-16-9-8-13(17-14)19(3)10-11-4-6-12(15)7-5-11/h4-9H,10H2,1-3H3. The van der Waals surface area contributed by atoms with Gasteiger partial charge in [0.05, 0.1) is 0 Å². The minimum atomic E-state index is 0.709. The molecule has 1 aromatic heterocycles. The Morgan fingerprint density at radius 1 is 1.05 bits per heavy atom. The third kappa shape index (κ3) is 3.58. The van der Waals surface area contributed by atoms with E-state index in [1.165, 1.54) is 5.56 Å². The summed E-state index contributed by atoms with van der Waals surface area (Å²) in [6, 6.07) is 9.74. The molecule has 0 saturated carbocycles. The van der Waals surface area contributed by atoms with E-state index < -0.39 is 0 Å². The number of anilines is 2. The number of halogens is 1. The van der Waals surface area contributed by atoms with E-state index in [0.717, 1.165) is 17.4 Å². The number of benzene rings is 1. The first-order valence-electron chi connectivity index (χ1n) is 6.02. The summed E-state index contributed by atoms with van der Waals surface area (Å²) in [6.45, 7) is 0.779. The number of hydrogen-bond donors (Lipinski definition) is 0. The van der Waals surface area contributed by atoms with Gasteiger partial charge in [-0.25, -0.2) is 4.98 Å². The molecular weight excluding hydrogens is 260 g/mol. The lowest BCUT2D eigenvalue weighted by Gasteiger charge is -2.20.